The van der Waals surface area contributed by atoms with Gasteiger partial charge in [-0.3, -0.25) is 4.90 Å². The van der Waals surface area contributed by atoms with Crippen molar-refractivity contribution in [2.45, 2.75) is 32.4 Å². The Bertz CT molecular complexity index is 601. The lowest BCUT2D eigenvalue weighted by Gasteiger charge is -2.36. The van der Waals surface area contributed by atoms with E-state index < -0.39 is 0 Å². The Labute approximate surface area is 138 Å². The predicted octanol–water partition coefficient (Wildman–Crippen LogP) is 2.28. The zero-order chi connectivity index (χ0) is 16.2. The average Bonchev–Trinajstić information content (AvgIpc) is 2.97. The third kappa shape index (κ3) is 3.32. The van der Waals surface area contributed by atoms with E-state index in [1.807, 2.05) is 36.1 Å². The van der Waals surface area contributed by atoms with Crippen LogP contribution in [0.3, 0.4) is 0 Å². The highest BCUT2D eigenvalue weighted by molar-refractivity contribution is 5.76. The lowest BCUT2D eigenvalue weighted by Crippen LogP contribution is -2.46. The lowest BCUT2D eigenvalue weighted by molar-refractivity contribution is 0.126. The fourth-order valence-corrected chi connectivity index (χ4v) is 3.63. The summed E-state index contributed by atoms with van der Waals surface area (Å²) in [5.41, 5.74) is 1.87. The van der Waals surface area contributed by atoms with Gasteiger partial charge < -0.3 is 9.80 Å². The van der Waals surface area contributed by atoms with Crippen LogP contribution in [-0.4, -0.2) is 59.5 Å². The maximum atomic E-state index is 12.3. The molecule has 0 bridgehead atoms. The van der Waals surface area contributed by atoms with E-state index in [1.54, 1.807) is 0 Å². The number of nitrogens with zero attached hydrogens (tertiary/aromatic N) is 4. The highest BCUT2D eigenvalue weighted by Crippen LogP contribution is 2.22. The van der Waals surface area contributed by atoms with Gasteiger partial charge in [0.25, 0.3) is 0 Å². The molecule has 2 aliphatic heterocycles. The van der Waals surface area contributed by atoms with Gasteiger partial charge in [-0.15, -0.1) is 0 Å². The fraction of sp³-hybridized carbons (Fsp3) is 0.556. The molecule has 3 rings (SSSR count). The van der Waals surface area contributed by atoms with Crippen molar-refractivity contribution >= 4 is 6.03 Å². The SMILES string of the molecule is CCN1CCN(C2CCN(Cc3ccccc3C#N)CC2)C1=O. The normalized spacial score (nSPS) is 20.1. The summed E-state index contributed by atoms with van der Waals surface area (Å²) in [5.74, 6) is 0. The number of hydrogen-bond donors (Lipinski definition) is 0. The number of carbonyl (C=O) groups excluding carboxylic acids is 1. The number of benzene rings is 1. The maximum Gasteiger partial charge on any atom is 0.320 e. The second kappa shape index (κ2) is 7.01. The van der Waals surface area contributed by atoms with E-state index in [0.717, 1.165) is 63.2 Å². The zero-order valence-electron chi connectivity index (χ0n) is 13.7. The molecular formula is C18H24N4O. The van der Waals surface area contributed by atoms with Gasteiger partial charge in [-0.05, 0) is 31.4 Å². The first-order valence-electron chi connectivity index (χ1n) is 8.49. The summed E-state index contributed by atoms with van der Waals surface area (Å²) in [6.07, 6.45) is 2.05. The quantitative estimate of drug-likeness (QED) is 0.857. The molecule has 0 unspecified atom stereocenters. The number of likely N-dealkylation sites (N-methyl/N-ethyl adjacent to an activating group) is 1. The Morgan fingerprint density at radius 2 is 1.91 bits per heavy atom. The van der Waals surface area contributed by atoms with Crippen LogP contribution in [0.2, 0.25) is 0 Å². The van der Waals surface area contributed by atoms with Crippen molar-refractivity contribution in [1.29, 1.82) is 5.26 Å². The van der Waals surface area contributed by atoms with E-state index >= 15 is 0 Å². The van der Waals surface area contributed by atoms with Crippen molar-refractivity contribution < 1.29 is 4.79 Å². The highest BCUT2D eigenvalue weighted by atomic mass is 16.2. The maximum absolute atomic E-state index is 12.3. The van der Waals surface area contributed by atoms with Crippen molar-refractivity contribution in [1.82, 2.24) is 14.7 Å². The van der Waals surface area contributed by atoms with Crippen molar-refractivity contribution in [3.8, 4) is 6.07 Å². The molecule has 122 valence electrons. The first kappa shape index (κ1) is 15.8. The van der Waals surface area contributed by atoms with Gasteiger partial charge in [0.1, 0.15) is 0 Å². The van der Waals surface area contributed by atoms with Crippen molar-refractivity contribution in [2.24, 2.45) is 0 Å². The van der Waals surface area contributed by atoms with Crippen LogP contribution in [0.25, 0.3) is 0 Å². The summed E-state index contributed by atoms with van der Waals surface area (Å²) < 4.78 is 0. The predicted molar refractivity (Wildman–Crippen MR) is 88.8 cm³/mol. The first-order chi connectivity index (χ1) is 11.2. The van der Waals surface area contributed by atoms with Crippen molar-refractivity contribution in [2.75, 3.05) is 32.7 Å². The molecule has 23 heavy (non-hydrogen) atoms. The van der Waals surface area contributed by atoms with Gasteiger partial charge in [-0.2, -0.15) is 5.26 Å². The minimum atomic E-state index is 0.209. The van der Waals surface area contributed by atoms with Crippen LogP contribution < -0.4 is 0 Å². The molecule has 2 aliphatic rings. The molecule has 0 aliphatic carbocycles. The van der Waals surface area contributed by atoms with E-state index in [4.69, 9.17) is 0 Å². The molecule has 1 aromatic rings. The Hall–Kier alpha value is -2.06. The molecule has 2 amide bonds. The van der Waals surface area contributed by atoms with E-state index in [9.17, 15) is 10.1 Å². The number of rotatable bonds is 4. The first-order valence-corrected chi connectivity index (χ1v) is 8.49. The van der Waals surface area contributed by atoms with Crippen LogP contribution in [0.5, 0.6) is 0 Å². The molecule has 5 heteroatoms. The molecule has 0 N–H and O–H groups in total. The monoisotopic (exact) mass is 312 g/mol. The van der Waals surface area contributed by atoms with Crippen LogP contribution in [0.15, 0.2) is 24.3 Å². The fourth-order valence-electron chi connectivity index (χ4n) is 3.63. The molecule has 0 atom stereocenters. The van der Waals surface area contributed by atoms with Crippen molar-refractivity contribution in [3.63, 3.8) is 0 Å². The molecule has 2 fully saturated rings. The third-order valence-electron chi connectivity index (χ3n) is 5.04. The van der Waals surface area contributed by atoms with Gasteiger partial charge >= 0.3 is 6.03 Å². The summed E-state index contributed by atoms with van der Waals surface area (Å²) in [5, 5.41) is 9.19. The molecule has 2 saturated heterocycles. The number of piperidine rings is 1. The zero-order valence-corrected chi connectivity index (χ0v) is 13.7. The Kier molecular flexibility index (Phi) is 4.82. The highest BCUT2D eigenvalue weighted by Gasteiger charge is 2.34. The number of carbonyl (C=O) groups is 1. The number of nitriles is 1. The van der Waals surface area contributed by atoms with Crippen molar-refractivity contribution in [3.05, 3.63) is 35.4 Å². The Balaban J connectivity index is 1.55. The topological polar surface area (TPSA) is 50.6 Å². The number of urea groups is 1. The molecule has 2 heterocycles. The summed E-state index contributed by atoms with van der Waals surface area (Å²) in [4.78, 5) is 18.7. The van der Waals surface area contributed by atoms with E-state index in [-0.39, 0.29) is 6.03 Å². The molecule has 1 aromatic carbocycles. The number of amides is 2. The summed E-state index contributed by atoms with van der Waals surface area (Å²) in [7, 11) is 0. The number of hydrogen-bond acceptors (Lipinski definition) is 3. The minimum absolute atomic E-state index is 0.209. The molecule has 5 nitrogen and oxygen atoms in total. The van der Waals surface area contributed by atoms with E-state index in [1.165, 1.54) is 0 Å². The summed E-state index contributed by atoms with van der Waals surface area (Å²) >= 11 is 0. The second-order valence-electron chi connectivity index (χ2n) is 6.33. The number of likely N-dealkylation sites (tertiary alicyclic amines) is 1. The lowest BCUT2D eigenvalue weighted by atomic mass is 10.0. The molecule has 0 saturated carbocycles. The van der Waals surface area contributed by atoms with Gasteiger partial charge in [-0.1, -0.05) is 18.2 Å². The largest absolute Gasteiger partial charge is 0.323 e. The van der Waals surface area contributed by atoms with Crippen LogP contribution in [-0.2, 0) is 6.54 Å². The van der Waals surface area contributed by atoms with Gasteiger partial charge in [0.05, 0.1) is 11.6 Å². The summed E-state index contributed by atoms with van der Waals surface area (Å²) in [6.45, 7) is 7.38. The Morgan fingerprint density at radius 3 is 2.57 bits per heavy atom. The second-order valence-corrected chi connectivity index (χ2v) is 6.33. The standard InChI is InChI=1S/C18H24N4O/c1-2-21-11-12-22(18(21)23)17-7-9-20(10-8-17)14-16-6-4-3-5-15(16)13-19/h3-6,17H,2,7-12,14H2,1H3. The minimum Gasteiger partial charge on any atom is -0.323 e. The Morgan fingerprint density at radius 1 is 1.17 bits per heavy atom. The van der Waals surface area contributed by atoms with Crippen LogP contribution in [0, 0.1) is 11.3 Å². The van der Waals surface area contributed by atoms with Gasteiger partial charge in [-0.25, -0.2) is 4.79 Å². The van der Waals surface area contributed by atoms with E-state index in [2.05, 4.69) is 15.9 Å². The average molecular weight is 312 g/mol. The molecule has 0 radical (unpaired) electrons. The third-order valence-corrected chi connectivity index (χ3v) is 5.04. The van der Waals surface area contributed by atoms with Gasteiger partial charge in [0.15, 0.2) is 0 Å². The smallest absolute Gasteiger partial charge is 0.320 e. The van der Waals surface area contributed by atoms with Gasteiger partial charge in [0, 0.05) is 45.3 Å². The van der Waals surface area contributed by atoms with Crippen LogP contribution in [0.4, 0.5) is 4.79 Å². The summed E-state index contributed by atoms with van der Waals surface area (Å²) in [6, 6.07) is 10.7. The van der Waals surface area contributed by atoms with Gasteiger partial charge in [0.2, 0.25) is 0 Å². The molecule has 0 spiro atoms. The van der Waals surface area contributed by atoms with Crippen LogP contribution in [0.1, 0.15) is 30.9 Å². The molecular weight excluding hydrogens is 288 g/mol. The van der Waals surface area contributed by atoms with E-state index in [0.29, 0.717) is 6.04 Å². The van der Waals surface area contributed by atoms with Crippen LogP contribution >= 0.6 is 0 Å². The molecule has 0 aromatic heterocycles.